The van der Waals surface area contributed by atoms with Crippen LogP contribution in [0.4, 0.5) is 5.95 Å². The Labute approximate surface area is 172 Å². The molecule has 1 amide bonds. The number of methoxy groups -OCH3 is 2. The van der Waals surface area contributed by atoms with Crippen LogP contribution in [-0.4, -0.2) is 42.7 Å². The number of esters is 1. The van der Waals surface area contributed by atoms with Crippen molar-refractivity contribution in [2.75, 3.05) is 26.1 Å². The van der Waals surface area contributed by atoms with Crippen LogP contribution >= 0.6 is 0 Å². The molecule has 3 aromatic rings. The van der Waals surface area contributed by atoms with Crippen LogP contribution in [0.3, 0.4) is 0 Å². The molecule has 3 rings (SSSR count). The van der Waals surface area contributed by atoms with Crippen LogP contribution in [0.1, 0.15) is 10.4 Å². The zero-order chi connectivity index (χ0) is 21.3. The molecule has 30 heavy (non-hydrogen) atoms. The molecule has 2 aromatic carbocycles. The largest absolute Gasteiger partial charge is 0.481 e. The Morgan fingerprint density at radius 3 is 2.20 bits per heavy atom. The Morgan fingerprint density at radius 1 is 0.900 bits per heavy atom. The second kappa shape index (κ2) is 9.87. The molecule has 0 aliphatic rings. The molecule has 1 N–H and O–H groups in total. The molecule has 0 fully saturated rings. The van der Waals surface area contributed by atoms with Gasteiger partial charge in [-0.05, 0) is 24.3 Å². The number of carbonyl (C=O) groups is 2. The van der Waals surface area contributed by atoms with Gasteiger partial charge in [-0.3, -0.25) is 10.1 Å². The standard InChI is InChI=1S/C21H19N3O6/c1-27-18-12-19(28-2)24-21(23-18)22-17(25)13-29-20(26)15-10-6-7-11-16(15)30-14-8-4-3-5-9-14/h3-12H,13H2,1-2H3,(H,22,23,24,25). The lowest BCUT2D eigenvalue weighted by atomic mass is 10.2. The highest BCUT2D eigenvalue weighted by Gasteiger charge is 2.17. The van der Waals surface area contributed by atoms with Crippen molar-refractivity contribution in [2.24, 2.45) is 0 Å². The third kappa shape index (κ3) is 5.44. The first-order valence-corrected chi connectivity index (χ1v) is 8.85. The van der Waals surface area contributed by atoms with Crippen molar-refractivity contribution < 1.29 is 28.5 Å². The van der Waals surface area contributed by atoms with Gasteiger partial charge in [-0.1, -0.05) is 30.3 Å². The van der Waals surface area contributed by atoms with Crippen molar-refractivity contribution in [2.45, 2.75) is 0 Å². The van der Waals surface area contributed by atoms with E-state index in [1.165, 1.54) is 20.3 Å². The van der Waals surface area contributed by atoms with Crippen LogP contribution in [0.25, 0.3) is 0 Å². The van der Waals surface area contributed by atoms with Gasteiger partial charge in [-0.15, -0.1) is 0 Å². The van der Waals surface area contributed by atoms with E-state index in [9.17, 15) is 9.59 Å². The summed E-state index contributed by atoms with van der Waals surface area (Å²) in [4.78, 5) is 32.6. The predicted molar refractivity (Wildman–Crippen MR) is 107 cm³/mol. The number of benzene rings is 2. The smallest absolute Gasteiger partial charge is 0.342 e. The molecule has 1 heterocycles. The summed E-state index contributed by atoms with van der Waals surface area (Å²) >= 11 is 0. The molecule has 0 bridgehead atoms. The molecule has 9 nitrogen and oxygen atoms in total. The van der Waals surface area contributed by atoms with Gasteiger partial charge < -0.3 is 18.9 Å². The number of aromatic nitrogens is 2. The fourth-order valence-corrected chi connectivity index (χ4v) is 2.38. The zero-order valence-corrected chi connectivity index (χ0v) is 16.3. The number of nitrogens with zero attached hydrogens (tertiary/aromatic N) is 2. The van der Waals surface area contributed by atoms with Crippen LogP contribution in [-0.2, 0) is 9.53 Å². The summed E-state index contributed by atoms with van der Waals surface area (Å²) in [5.41, 5.74) is 0.188. The highest BCUT2D eigenvalue weighted by molar-refractivity contribution is 5.96. The molecule has 0 atom stereocenters. The average Bonchev–Trinajstić information content (AvgIpc) is 2.78. The van der Waals surface area contributed by atoms with E-state index < -0.39 is 18.5 Å². The van der Waals surface area contributed by atoms with Gasteiger partial charge in [0.05, 0.1) is 20.3 Å². The molecule has 0 unspecified atom stereocenters. The minimum atomic E-state index is -0.708. The van der Waals surface area contributed by atoms with Crippen molar-refractivity contribution in [3.8, 4) is 23.3 Å². The second-order valence-electron chi connectivity index (χ2n) is 5.81. The Morgan fingerprint density at radius 2 is 1.53 bits per heavy atom. The normalized spacial score (nSPS) is 10.1. The number of rotatable bonds is 8. The Kier molecular flexibility index (Phi) is 6.78. The first-order valence-electron chi connectivity index (χ1n) is 8.85. The first kappa shape index (κ1) is 20.6. The molecular formula is C21H19N3O6. The lowest BCUT2D eigenvalue weighted by Gasteiger charge is -2.11. The molecule has 154 valence electrons. The molecule has 0 saturated carbocycles. The molecule has 0 radical (unpaired) electrons. The lowest BCUT2D eigenvalue weighted by molar-refractivity contribution is -0.119. The minimum absolute atomic E-state index is 0.0416. The minimum Gasteiger partial charge on any atom is -0.481 e. The maximum Gasteiger partial charge on any atom is 0.342 e. The molecule has 1 aromatic heterocycles. The molecule has 9 heteroatoms. The fraction of sp³-hybridized carbons (Fsp3) is 0.143. The summed E-state index contributed by atoms with van der Waals surface area (Å²) < 4.78 is 20.9. The molecule has 0 aliphatic heterocycles. The van der Waals surface area contributed by atoms with E-state index in [4.69, 9.17) is 18.9 Å². The number of anilines is 1. The second-order valence-corrected chi connectivity index (χ2v) is 5.81. The molecule has 0 saturated heterocycles. The number of amides is 1. The van der Waals surface area contributed by atoms with Gasteiger partial charge in [0.1, 0.15) is 17.1 Å². The van der Waals surface area contributed by atoms with Gasteiger partial charge in [-0.25, -0.2) is 4.79 Å². The van der Waals surface area contributed by atoms with Gasteiger partial charge in [0.25, 0.3) is 5.91 Å². The van der Waals surface area contributed by atoms with Crippen molar-refractivity contribution >= 4 is 17.8 Å². The van der Waals surface area contributed by atoms with Crippen LogP contribution in [0.15, 0.2) is 60.7 Å². The summed E-state index contributed by atoms with van der Waals surface area (Å²) in [6, 6.07) is 17.1. The van der Waals surface area contributed by atoms with Gasteiger partial charge in [0, 0.05) is 0 Å². The van der Waals surface area contributed by atoms with E-state index >= 15 is 0 Å². The first-order chi connectivity index (χ1) is 14.6. The zero-order valence-electron chi connectivity index (χ0n) is 16.3. The summed E-state index contributed by atoms with van der Waals surface area (Å²) in [7, 11) is 2.84. The summed E-state index contributed by atoms with van der Waals surface area (Å²) in [6.45, 7) is -0.540. The lowest BCUT2D eigenvalue weighted by Crippen LogP contribution is -2.22. The van der Waals surface area contributed by atoms with E-state index in [1.807, 2.05) is 18.2 Å². The van der Waals surface area contributed by atoms with Crippen LogP contribution in [0.5, 0.6) is 23.3 Å². The quantitative estimate of drug-likeness (QED) is 0.566. The topological polar surface area (TPSA) is 109 Å². The van der Waals surface area contributed by atoms with E-state index in [1.54, 1.807) is 36.4 Å². The number of nitrogens with one attached hydrogen (secondary N) is 1. The number of carbonyl (C=O) groups excluding carboxylic acids is 2. The number of ether oxygens (including phenoxy) is 4. The summed E-state index contributed by atoms with van der Waals surface area (Å²) in [5, 5.41) is 2.42. The van der Waals surface area contributed by atoms with Gasteiger partial charge in [0.15, 0.2) is 6.61 Å². The summed E-state index contributed by atoms with van der Waals surface area (Å²) in [5.74, 6) is -0.0714. The van der Waals surface area contributed by atoms with Gasteiger partial charge in [-0.2, -0.15) is 9.97 Å². The maximum atomic E-state index is 12.5. The van der Waals surface area contributed by atoms with Crippen LogP contribution in [0, 0.1) is 0 Å². The Hall–Kier alpha value is -4.14. The molecule has 0 spiro atoms. The fourth-order valence-electron chi connectivity index (χ4n) is 2.38. The number of para-hydroxylation sites is 2. The van der Waals surface area contributed by atoms with Crippen molar-refractivity contribution in [1.82, 2.24) is 9.97 Å². The molecular weight excluding hydrogens is 390 g/mol. The van der Waals surface area contributed by atoms with Crippen LogP contribution < -0.4 is 19.5 Å². The number of hydrogen-bond acceptors (Lipinski definition) is 8. The maximum absolute atomic E-state index is 12.5. The highest BCUT2D eigenvalue weighted by atomic mass is 16.5. The third-order valence-corrected chi connectivity index (χ3v) is 3.76. The van der Waals surface area contributed by atoms with Crippen molar-refractivity contribution in [3.05, 3.63) is 66.2 Å². The van der Waals surface area contributed by atoms with Crippen molar-refractivity contribution in [1.29, 1.82) is 0 Å². The van der Waals surface area contributed by atoms with Gasteiger partial charge >= 0.3 is 5.97 Å². The van der Waals surface area contributed by atoms with Gasteiger partial charge in [0.2, 0.25) is 17.7 Å². The Balaban J connectivity index is 1.63. The average molecular weight is 409 g/mol. The van der Waals surface area contributed by atoms with Crippen molar-refractivity contribution in [3.63, 3.8) is 0 Å². The monoisotopic (exact) mass is 409 g/mol. The summed E-state index contributed by atoms with van der Waals surface area (Å²) in [6.07, 6.45) is 0. The van der Waals surface area contributed by atoms with E-state index in [0.717, 1.165) is 0 Å². The van der Waals surface area contributed by atoms with E-state index in [0.29, 0.717) is 11.5 Å². The van der Waals surface area contributed by atoms with E-state index in [2.05, 4.69) is 15.3 Å². The molecule has 0 aliphatic carbocycles. The van der Waals surface area contributed by atoms with Crippen LogP contribution in [0.2, 0.25) is 0 Å². The van der Waals surface area contributed by atoms with E-state index in [-0.39, 0.29) is 23.3 Å². The highest BCUT2D eigenvalue weighted by Crippen LogP contribution is 2.25. The third-order valence-electron chi connectivity index (χ3n) is 3.76. The Bertz CT molecular complexity index is 1000. The predicted octanol–water partition coefficient (Wildman–Crippen LogP) is 3.08. The SMILES string of the molecule is COc1cc(OC)nc(NC(=O)COC(=O)c2ccccc2Oc2ccccc2)n1. The number of hydrogen-bond donors (Lipinski definition) is 1.